The molecule has 0 aliphatic rings. The van der Waals surface area contributed by atoms with Crippen molar-refractivity contribution in [3.63, 3.8) is 0 Å². The summed E-state index contributed by atoms with van der Waals surface area (Å²) in [5, 5.41) is 0. The van der Waals surface area contributed by atoms with E-state index in [2.05, 4.69) is 20.8 Å². The first-order chi connectivity index (χ1) is 6.27. The lowest BCUT2D eigenvalue weighted by Crippen LogP contribution is -2.15. The van der Waals surface area contributed by atoms with Crippen LogP contribution in [0.4, 0.5) is 8.78 Å². The highest BCUT2D eigenvalue weighted by Gasteiger charge is 2.26. The molecule has 0 heterocycles. The fourth-order valence-corrected chi connectivity index (χ4v) is 1.28. The largest absolute Gasteiger partial charge is 0.258 e. The van der Waals surface area contributed by atoms with Gasteiger partial charge in [0.1, 0.15) is 0 Å². The molecule has 0 aromatic carbocycles. The van der Waals surface area contributed by atoms with Gasteiger partial charge in [-0.3, -0.25) is 0 Å². The molecule has 0 aliphatic heterocycles. The summed E-state index contributed by atoms with van der Waals surface area (Å²) in [5.74, 6) is -0.645. The van der Waals surface area contributed by atoms with Crippen molar-refractivity contribution < 1.29 is 8.78 Å². The van der Waals surface area contributed by atoms with Crippen molar-refractivity contribution >= 4 is 0 Å². The molecule has 0 aliphatic carbocycles. The molecule has 0 N–H and O–H groups in total. The van der Waals surface area contributed by atoms with E-state index in [9.17, 15) is 8.78 Å². The predicted octanol–water partition coefficient (Wildman–Crippen LogP) is 4.25. The summed E-state index contributed by atoms with van der Waals surface area (Å²) in [6, 6.07) is 0. The maximum atomic E-state index is 12.9. The molecule has 0 atom stereocenters. The molecule has 0 saturated heterocycles. The van der Waals surface area contributed by atoms with Crippen LogP contribution in [0.25, 0.3) is 0 Å². The third-order valence-electron chi connectivity index (χ3n) is 2.08. The number of halogens is 2. The topological polar surface area (TPSA) is 0 Å². The number of unbranched alkanes of at least 4 members (excludes halogenated alkanes) is 1. The zero-order chi connectivity index (χ0) is 11.2. The molecule has 0 unspecified atom stereocenters. The second-order valence-electron chi connectivity index (χ2n) is 5.00. The lowest BCUT2D eigenvalue weighted by atomic mass is 9.89. The molecule has 0 aromatic rings. The molecule has 82 valence electrons. The molecule has 0 bridgehead atoms. The van der Waals surface area contributed by atoms with Gasteiger partial charge in [-0.05, 0) is 18.3 Å². The van der Waals surface area contributed by atoms with Gasteiger partial charge < -0.3 is 0 Å². The van der Waals surface area contributed by atoms with Crippen LogP contribution in [0.15, 0.2) is 0 Å². The third-order valence-corrected chi connectivity index (χ3v) is 2.08. The maximum Gasteiger partial charge on any atom is 0.258 e. The Morgan fingerprint density at radius 3 is 2.00 bits per heavy atom. The van der Waals surface area contributed by atoms with E-state index in [1.54, 1.807) is 0 Å². The Balaban J connectivity index is 3.60. The highest BCUT2D eigenvalue weighted by molar-refractivity contribution is 4.90. The van der Waals surface area contributed by atoms with Crippen molar-refractivity contribution in [3.8, 4) is 12.3 Å². The first-order valence-corrected chi connectivity index (χ1v) is 5.08. The van der Waals surface area contributed by atoms with Crippen LogP contribution in [0, 0.1) is 17.8 Å². The smallest absolute Gasteiger partial charge is 0.206 e. The molecule has 0 rings (SSSR count). The summed E-state index contributed by atoms with van der Waals surface area (Å²) in [6.07, 6.45) is 6.75. The van der Waals surface area contributed by atoms with Crippen LogP contribution >= 0.6 is 0 Å². The van der Waals surface area contributed by atoms with E-state index in [0.717, 1.165) is 12.8 Å². The van der Waals surface area contributed by atoms with Crippen LogP contribution in [0.5, 0.6) is 0 Å². The van der Waals surface area contributed by atoms with E-state index in [-0.39, 0.29) is 11.8 Å². The molecule has 0 fully saturated rings. The van der Waals surface area contributed by atoms with Crippen LogP contribution in [0.2, 0.25) is 0 Å². The van der Waals surface area contributed by atoms with Gasteiger partial charge in [0.15, 0.2) is 0 Å². The van der Waals surface area contributed by atoms with Crippen molar-refractivity contribution in [2.75, 3.05) is 0 Å². The zero-order valence-corrected chi connectivity index (χ0v) is 9.37. The molecule has 0 nitrogen and oxygen atoms in total. The van der Waals surface area contributed by atoms with Crippen LogP contribution in [0.1, 0.15) is 52.9 Å². The van der Waals surface area contributed by atoms with Gasteiger partial charge in [-0.25, -0.2) is 8.78 Å². The maximum absolute atomic E-state index is 12.9. The minimum absolute atomic E-state index is 0.0761. The lowest BCUT2D eigenvalue weighted by molar-refractivity contribution is -0.00509. The van der Waals surface area contributed by atoms with Gasteiger partial charge in [-0.2, -0.15) is 0 Å². The number of terminal acetylenes is 1. The van der Waals surface area contributed by atoms with Crippen molar-refractivity contribution in [3.05, 3.63) is 0 Å². The summed E-state index contributed by atoms with van der Waals surface area (Å²) < 4.78 is 25.8. The molecule has 0 radical (unpaired) electrons. The second kappa shape index (κ2) is 5.34. The quantitative estimate of drug-likeness (QED) is 0.462. The Labute approximate surface area is 86.1 Å². The first kappa shape index (κ1) is 13.4. The average molecular weight is 202 g/mol. The van der Waals surface area contributed by atoms with Crippen LogP contribution in [0.3, 0.4) is 0 Å². The van der Waals surface area contributed by atoms with Crippen molar-refractivity contribution in [2.45, 2.75) is 58.8 Å². The monoisotopic (exact) mass is 202 g/mol. The number of rotatable bonds is 5. The molecule has 0 amide bonds. The van der Waals surface area contributed by atoms with Crippen LogP contribution < -0.4 is 0 Å². The lowest BCUT2D eigenvalue weighted by Gasteiger charge is -2.19. The summed E-state index contributed by atoms with van der Waals surface area (Å²) in [6.45, 7) is 6.35. The fraction of sp³-hybridized carbons (Fsp3) is 0.833. The van der Waals surface area contributed by atoms with Crippen molar-refractivity contribution in [2.24, 2.45) is 5.41 Å². The molecule has 14 heavy (non-hydrogen) atoms. The predicted molar refractivity (Wildman–Crippen MR) is 56.3 cm³/mol. The summed E-state index contributed by atoms with van der Waals surface area (Å²) in [5.41, 5.74) is 0.238. The van der Waals surface area contributed by atoms with Gasteiger partial charge in [0, 0.05) is 6.42 Å². The van der Waals surface area contributed by atoms with Gasteiger partial charge in [-0.1, -0.05) is 27.2 Å². The van der Waals surface area contributed by atoms with Crippen molar-refractivity contribution in [1.82, 2.24) is 0 Å². The molecule has 0 spiro atoms. The van der Waals surface area contributed by atoms with E-state index in [1.165, 1.54) is 0 Å². The van der Waals surface area contributed by atoms with E-state index in [4.69, 9.17) is 6.42 Å². The molecule has 0 aromatic heterocycles. The van der Waals surface area contributed by atoms with E-state index in [0.29, 0.717) is 6.42 Å². The van der Waals surface area contributed by atoms with E-state index in [1.807, 2.05) is 5.92 Å². The third kappa shape index (κ3) is 8.04. The van der Waals surface area contributed by atoms with Crippen LogP contribution in [-0.2, 0) is 0 Å². The highest BCUT2D eigenvalue weighted by Crippen LogP contribution is 2.27. The Morgan fingerprint density at radius 1 is 1.07 bits per heavy atom. The highest BCUT2D eigenvalue weighted by atomic mass is 19.3. The number of hydrogen-bond acceptors (Lipinski definition) is 0. The number of hydrogen-bond donors (Lipinski definition) is 0. The number of alkyl halides is 2. The van der Waals surface area contributed by atoms with Crippen LogP contribution in [-0.4, -0.2) is 5.92 Å². The standard InChI is InChI=1S/C12H20F2/c1-5-8-12(13,14)10-7-6-9-11(2,3)4/h1H,6-10H2,2-4H3. The Bertz CT molecular complexity index is 193. The fourth-order valence-electron chi connectivity index (χ4n) is 1.28. The van der Waals surface area contributed by atoms with Gasteiger partial charge >= 0.3 is 0 Å². The van der Waals surface area contributed by atoms with Gasteiger partial charge in [0.05, 0.1) is 6.42 Å². The SMILES string of the molecule is C#CCC(F)(F)CCCCC(C)(C)C. The van der Waals surface area contributed by atoms with E-state index < -0.39 is 12.3 Å². The second-order valence-corrected chi connectivity index (χ2v) is 5.00. The summed E-state index contributed by atoms with van der Waals surface area (Å²) >= 11 is 0. The van der Waals surface area contributed by atoms with Gasteiger partial charge in [-0.15, -0.1) is 12.3 Å². The molecular weight excluding hydrogens is 182 g/mol. The summed E-state index contributed by atoms with van der Waals surface area (Å²) in [4.78, 5) is 0. The minimum Gasteiger partial charge on any atom is -0.206 e. The minimum atomic E-state index is -2.66. The Hall–Kier alpha value is -0.580. The van der Waals surface area contributed by atoms with E-state index >= 15 is 0 Å². The zero-order valence-electron chi connectivity index (χ0n) is 9.37. The molecular formula is C12H20F2. The average Bonchev–Trinajstić information content (AvgIpc) is 1.96. The first-order valence-electron chi connectivity index (χ1n) is 5.08. The molecule has 0 saturated carbocycles. The normalized spacial score (nSPS) is 12.6. The molecule has 2 heteroatoms. The summed E-state index contributed by atoms with van der Waals surface area (Å²) in [7, 11) is 0. The Kier molecular flexibility index (Phi) is 5.12. The Morgan fingerprint density at radius 2 is 1.57 bits per heavy atom. The van der Waals surface area contributed by atoms with Crippen molar-refractivity contribution in [1.29, 1.82) is 0 Å². The van der Waals surface area contributed by atoms with Gasteiger partial charge in [0.2, 0.25) is 0 Å². The van der Waals surface area contributed by atoms with Gasteiger partial charge in [0.25, 0.3) is 5.92 Å².